The number of pyridine rings is 1. The number of nitrogens with one attached hydrogen (secondary N) is 1. The Morgan fingerprint density at radius 3 is 2.83 bits per heavy atom. The van der Waals surface area contributed by atoms with Crippen LogP contribution in [0.15, 0.2) is 29.9 Å². The third-order valence-electron chi connectivity index (χ3n) is 3.22. The molecule has 0 radical (unpaired) electrons. The van der Waals surface area contributed by atoms with E-state index in [9.17, 15) is 0 Å². The summed E-state index contributed by atoms with van der Waals surface area (Å²) in [5, 5.41) is 5.77. The molecule has 2 nitrogen and oxygen atoms in total. The zero-order chi connectivity index (χ0) is 13.0. The van der Waals surface area contributed by atoms with Crippen molar-refractivity contribution in [2.75, 3.05) is 6.54 Å². The van der Waals surface area contributed by atoms with Gasteiger partial charge in [0.15, 0.2) is 0 Å². The molecule has 2 aromatic heterocycles. The molecule has 0 aliphatic heterocycles. The van der Waals surface area contributed by atoms with Gasteiger partial charge in [-0.2, -0.15) is 0 Å². The lowest BCUT2D eigenvalue weighted by Crippen LogP contribution is -2.23. The van der Waals surface area contributed by atoms with Crippen molar-refractivity contribution in [1.29, 1.82) is 0 Å². The number of thiophene rings is 1. The summed E-state index contributed by atoms with van der Waals surface area (Å²) in [6.45, 7) is 7.48. The van der Waals surface area contributed by atoms with Crippen LogP contribution in [0.3, 0.4) is 0 Å². The van der Waals surface area contributed by atoms with Gasteiger partial charge in [0.05, 0.1) is 6.04 Å². The molecular weight excluding hydrogens is 240 g/mol. The van der Waals surface area contributed by atoms with Crippen LogP contribution in [0, 0.1) is 6.92 Å². The van der Waals surface area contributed by atoms with E-state index in [-0.39, 0.29) is 6.04 Å². The van der Waals surface area contributed by atoms with E-state index in [0.717, 1.165) is 13.0 Å². The molecule has 0 fully saturated rings. The Morgan fingerprint density at radius 2 is 2.17 bits per heavy atom. The number of rotatable bonds is 5. The quantitative estimate of drug-likeness (QED) is 0.886. The molecule has 96 valence electrons. The molecule has 1 atom stereocenters. The highest BCUT2D eigenvalue weighted by molar-refractivity contribution is 7.10. The fourth-order valence-corrected chi connectivity index (χ4v) is 3.31. The van der Waals surface area contributed by atoms with Gasteiger partial charge in [0.25, 0.3) is 0 Å². The molecule has 0 spiro atoms. The van der Waals surface area contributed by atoms with E-state index in [1.165, 1.54) is 21.6 Å². The van der Waals surface area contributed by atoms with Crippen molar-refractivity contribution in [1.82, 2.24) is 10.3 Å². The first kappa shape index (κ1) is 13.2. The minimum Gasteiger partial charge on any atom is -0.306 e. The fourth-order valence-electron chi connectivity index (χ4n) is 2.22. The van der Waals surface area contributed by atoms with Crippen LogP contribution in [-0.4, -0.2) is 11.5 Å². The third-order valence-corrected chi connectivity index (χ3v) is 4.25. The lowest BCUT2D eigenvalue weighted by atomic mass is 9.99. The topological polar surface area (TPSA) is 24.9 Å². The monoisotopic (exact) mass is 260 g/mol. The Kier molecular flexibility index (Phi) is 4.50. The van der Waals surface area contributed by atoms with Crippen LogP contribution < -0.4 is 5.32 Å². The number of aromatic nitrogens is 1. The van der Waals surface area contributed by atoms with Crippen molar-refractivity contribution >= 4 is 11.3 Å². The Bertz CT molecular complexity index is 505. The molecule has 18 heavy (non-hydrogen) atoms. The Hall–Kier alpha value is -1.19. The van der Waals surface area contributed by atoms with Crippen LogP contribution in [0.4, 0.5) is 0 Å². The second-order valence-electron chi connectivity index (χ2n) is 4.39. The molecule has 0 saturated heterocycles. The molecule has 0 aliphatic rings. The summed E-state index contributed by atoms with van der Waals surface area (Å²) in [5.74, 6) is 0. The predicted octanol–water partition coefficient (Wildman–Crippen LogP) is 3.71. The average Bonchev–Trinajstić information content (AvgIpc) is 2.85. The van der Waals surface area contributed by atoms with E-state index in [1.807, 2.05) is 23.7 Å². The molecule has 2 heterocycles. The van der Waals surface area contributed by atoms with Gasteiger partial charge in [0.1, 0.15) is 0 Å². The van der Waals surface area contributed by atoms with Gasteiger partial charge in [0.2, 0.25) is 0 Å². The Morgan fingerprint density at radius 1 is 1.33 bits per heavy atom. The van der Waals surface area contributed by atoms with Crippen molar-refractivity contribution in [2.45, 2.75) is 33.2 Å². The molecule has 1 N–H and O–H groups in total. The molecule has 3 heteroatoms. The third kappa shape index (κ3) is 2.62. The number of nitrogens with zero attached hydrogens (tertiary/aromatic N) is 1. The highest BCUT2D eigenvalue weighted by Gasteiger charge is 2.19. The number of aryl methyl sites for hydroxylation is 2. The zero-order valence-corrected chi connectivity index (χ0v) is 12.1. The maximum absolute atomic E-state index is 4.28. The highest BCUT2D eigenvalue weighted by atomic mass is 32.1. The first-order valence-corrected chi connectivity index (χ1v) is 7.36. The van der Waals surface area contributed by atoms with Gasteiger partial charge in [0, 0.05) is 17.3 Å². The lowest BCUT2D eigenvalue weighted by Gasteiger charge is -2.20. The molecule has 0 saturated carbocycles. The first-order valence-electron chi connectivity index (χ1n) is 6.48. The van der Waals surface area contributed by atoms with Crippen LogP contribution in [0.5, 0.6) is 0 Å². The largest absolute Gasteiger partial charge is 0.306 e. The fraction of sp³-hybridized carbons (Fsp3) is 0.400. The SMILES string of the molecule is CCNC(c1cnccc1C)c1sccc1CC. The Balaban J connectivity index is 2.43. The summed E-state index contributed by atoms with van der Waals surface area (Å²) in [5.41, 5.74) is 4.03. The van der Waals surface area contributed by atoms with Crippen LogP contribution in [-0.2, 0) is 6.42 Å². The van der Waals surface area contributed by atoms with E-state index < -0.39 is 0 Å². The molecule has 0 amide bonds. The molecule has 0 aliphatic carbocycles. The van der Waals surface area contributed by atoms with Gasteiger partial charge in [-0.15, -0.1) is 11.3 Å². The Labute approximate surface area is 113 Å². The van der Waals surface area contributed by atoms with E-state index in [0.29, 0.717) is 0 Å². The van der Waals surface area contributed by atoms with E-state index in [2.05, 4.69) is 48.6 Å². The van der Waals surface area contributed by atoms with Crippen molar-refractivity contribution in [3.63, 3.8) is 0 Å². The van der Waals surface area contributed by atoms with E-state index in [4.69, 9.17) is 0 Å². The van der Waals surface area contributed by atoms with Crippen molar-refractivity contribution < 1.29 is 0 Å². The normalized spacial score (nSPS) is 12.6. The maximum Gasteiger partial charge on any atom is 0.0691 e. The van der Waals surface area contributed by atoms with Crippen molar-refractivity contribution in [3.8, 4) is 0 Å². The lowest BCUT2D eigenvalue weighted by molar-refractivity contribution is 0.630. The summed E-state index contributed by atoms with van der Waals surface area (Å²) in [6, 6.07) is 4.59. The summed E-state index contributed by atoms with van der Waals surface area (Å²) >= 11 is 1.84. The minimum absolute atomic E-state index is 0.277. The maximum atomic E-state index is 4.28. The molecule has 0 bridgehead atoms. The van der Waals surface area contributed by atoms with Crippen LogP contribution in [0.25, 0.3) is 0 Å². The van der Waals surface area contributed by atoms with Crippen molar-refractivity contribution in [3.05, 3.63) is 51.5 Å². The smallest absolute Gasteiger partial charge is 0.0691 e. The standard InChI is InChI=1S/C15H20N2S/c1-4-12-7-9-18-15(12)14(17-5-2)13-10-16-8-6-11(13)3/h6-10,14,17H,4-5H2,1-3H3. The van der Waals surface area contributed by atoms with Gasteiger partial charge in [-0.3, -0.25) is 4.98 Å². The van der Waals surface area contributed by atoms with Gasteiger partial charge in [-0.05, 0) is 54.1 Å². The molecule has 1 unspecified atom stereocenters. The van der Waals surface area contributed by atoms with Crippen LogP contribution >= 0.6 is 11.3 Å². The predicted molar refractivity (Wildman–Crippen MR) is 78.2 cm³/mol. The average molecular weight is 260 g/mol. The number of hydrogen-bond acceptors (Lipinski definition) is 3. The first-order chi connectivity index (χ1) is 8.77. The van der Waals surface area contributed by atoms with Crippen molar-refractivity contribution in [2.24, 2.45) is 0 Å². The van der Waals surface area contributed by atoms with Crippen LogP contribution in [0.2, 0.25) is 0 Å². The minimum atomic E-state index is 0.277. The molecule has 0 aromatic carbocycles. The van der Waals surface area contributed by atoms with Gasteiger partial charge >= 0.3 is 0 Å². The van der Waals surface area contributed by atoms with Gasteiger partial charge in [-0.1, -0.05) is 13.8 Å². The van der Waals surface area contributed by atoms with Gasteiger partial charge < -0.3 is 5.32 Å². The summed E-state index contributed by atoms with van der Waals surface area (Å²) in [6.07, 6.45) is 4.93. The zero-order valence-electron chi connectivity index (χ0n) is 11.2. The van der Waals surface area contributed by atoms with Gasteiger partial charge in [-0.25, -0.2) is 0 Å². The summed E-state index contributed by atoms with van der Waals surface area (Å²) in [7, 11) is 0. The second kappa shape index (κ2) is 6.12. The molecular formula is C15H20N2S. The molecule has 2 aromatic rings. The van der Waals surface area contributed by atoms with E-state index >= 15 is 0 Å². The summed E-state index contributed by atoms with van der Waals surface area (Å²) < 4.78 is 0. The highest BCUT2D eigenvalue weighted by Crippen LogP contribution is 2.31. The molecule has 2 rings (SSSR count). The summed E-state index contributed by atoms with van der Waals surface area (Å²) in [4.78, 5) is 5.71. The van der Waals surface area contributed by atoms with Crippen LogP contribution in [0.1, 0.15) is 41.5 Å². The second-order valence-corrected chi connectivity index (χ2v) is 5.33. The number of hydrogen-bond donors (Lipinski definition) is 1. The van der Waals surface area contributed by atoms with E-state index in [1.54, 1.807) is 0 Å².